The van der Waals surface area contributed by atoms with Crippen molar-refractivity contribution in [3.8, 4) is 5.75 Å². The summed E-state index contributed by atoms with van der Waals surface area (Å²) in [4.78, 5) is 18.3. The van der Waals surface area contributed by atoms with Gasteiger partial charge in [-0.25, -0.2) is 4.98 Å². The number of fused-ring (bicyclic) bond motifs is 1. The Bertz CT molecular complexity index is 932. The molecule has 7 nitrogen and oxygen atoms in total. The van der Waals surface area contributed by atoms with Gasteiger partial charge in [-0.2, -0.15) is 5.11 Å². The average molecular weight is 396 g/mol. The first-order chi connectivity index (χ1) is 13.8. The van der Waals surface area contributed by atoms with Gasteiger partial charge < -0.3 is 14.4 Å². The van der Waals surface area contributed by atoms with E-state index in [0.29, 0.717) is 43.7 Å². The second-order valence-corrected chi connectivity index (χ2v) is 7.30. The number of hydrogen-bond donors (Lipinski definition) is 0. The second kappa shape index (κ2) is 8.90. The van der Waals surface area contributed by atoms with Gasteiger partial charge in [-0.1, -0.05) is 35.6 Å². The van der Waals surface area contributed by atoms with Gasteiger partial charge in [0.2, 0.25) is 5.13 Å². The highest BCUT2D eigenvalue weighted by Crippen LogP contribution is 2.28. The highest BCUT2D eigenvalue weighted by atomic mass is 32.1. The van der Waals surface area contributed by atoms with Gasteiger partial charge in [-0.15, -0.1) is 5.11 Å². The van der Waals surface area contributed by atoms with E-state index in [9.17, 15) is 4.79 Å². The molecule has 1 aliphatic rings. The number of rotatable bonds is 6. The summed E-state index contributed by atoms with van der Waals surface area (Å²) in [6, 6.07) is 15.5. The van der Waals surface area contributed by atoms with E-state index < -0.39 is 0 Å². The van der Waals surface area contributed by atoms with E-state index in [4.69, 9.17) is 9.47 Å². The fourth-order valence-electron chi connectivity index (χ4n) is 2.82. The molecule has 1 aromatic heterocycles. The van der Waals surface area contributed by atoms with Crippen LogP contribution in [0.3, 0.4) is 0 Å². The molecule has 1 saturated heterocycles. The molecule has 1 aliphatic heterocycles. The monoisotopic (exact) mass is 396 g/mol. The molecule has 2 heterocycles. The Kier molecular flexibility index (Phi) is 5.89. The molecule has 4 rings (SSSR count). The number of carbonyl (C=O) groups excluding carboxylic acids is 1. The summed E-state index contributed by atoms with van der Waals surface area (Å²) in [5, 5.41) is 9.10. The van der Waals surface area contributed by atoms with Crippen LogP contribution >= 0.6 is 11.3 Å². The van der Waals surface area contributed by atoms with E-state index in [1.54, 1.807) is 4.90 Å². The third-order valence-corrected chi connectivity index (χ3v) is 5.26. The summed E-state index contributed by atoms with van der Waals surface area (Å²) in [5.41, 5.74) is 1.95. The Morgan fingerprint density at radius 1 is 1.14 bits per heavy atom. The van der Waals surface area contributed by atoms with Gasteiger partial charge in [0.25, 0.3) is 5.91 Å². The number of para-hydroxylation sites is 1. The number of morpholine rings is 1. The maximum Gasteiger partial charge on any atom is 0.260 e. The molecule has 0 spiro atoms. The minimum absolute atomic E-state index is 0.0167. The molecule has 0 unspecified atom stereocenters. The molecule has 3 aromatic rings. The first-order valence-corrected chi connectivity index (χ1v) is 9.90. The maximum absolute atomic E-state index is 12.1. The van der Waals surface area contributed by atoms with Crippen LogP contribution in [0.25, 0.3) is 10.2 Å². The Hall–Kier alpha value is -2.84. The van der Waals surface area contributed by atoms with E-state index in [0.717, 1.165) is 15.8 Å². The normalized spacial score (nSPS) is 14.6. The first kappa shape index (κ1) is 18.5. The van der Waals surface area contributed by atoms with Gasteiger partial charge >= 0.3 is 0 Å². The van der Waals surface area contributed by atoms with Crippen molar-refractivity contribution in [3.05, 3.63) is 54.1 Å². The minimum atomic E-state index is -0.0167. The summed E-state index contributed by atoms with van der Waals surface area (Å²) < 4.78 is 11.9. The zero-order valence-electron chi connectivity index (χ0n) is 15.3. The van der Waals surface area contributed by atoms with Crippen LogP contribution in [-0.4, -0.2) is 48.7 Å². The number of thiazole rings is 1. The fourth-order valence-corrected chi connectivity index (χ4v) is 3.62. The summed E-state index contributed by atoms with van der Waals surface area (Å²) in [7, 11) is 0. The predicted octanol–water partition coefficient (Wildman–Crippen LogP) is 3.82. The molecule has 2 aromatic carbocycles. The highest BCUT2D eigenvalue weighted by molar-refractivity contribution is 7.21. The molecule has 0 atom stereocenters. The van der Waals surface area contributed by atoms with Crippen LogP contribution in [0.5, 0.6) is 5.75 Å². The molecule has 8 heteroatoms. The lowest BCUT2D eigenvalue weighted by Crippen LogP contribution is -2.42. The molecule has 0 aliphatic carbocycles. The van der Waals surface area contributed by atoms with Crippen LogP contribution in [0.1, 0.15) is 5.56 Å². The predicted molar refractivity (Wildman–Crippen MR) is 107 cm³/mol. The van der Waals surface area contributed by atoms with Crippen molar-refractivity contribution in [3.63, 3.8) is 0 Å². The van der Waals surface area contributed by atoms with Gasteiger partial charge in [0.15, 0.2) is 6.61 Å². The van der Waals surface area contributed by atoms with Crippen LogP contribution in [0.15, 0.2) is 58.8 Å². The maximum atomic E-state index is 12.1. The Morgan fingerprint density at radius 2 is 1.93 bits per heavy atom. The molecule has 28 heavy (non-hydrogen) atoms. The SMILES string of the molecule is O=C(COc1ccc(CN=Nc2nc3ccccc3s2)cc1)N1CCOCC1. The van der Waals surface area contributed by atoms with Crippen LogP contribution < -0.4 is 4.74 Å². The van der Waals surface area contributed by atoms with Crippen LogP contribution in [-0.2, 0) is 16.1 Å². The van der Waals surface area contributed by atoms with Gasteiger partial charge in [-0.05, 0) is 29.8 Å². The van der Waals surface area contributed by atoms with Crippen molar-refractivity contribution in [1.82, 2.24) is 9.88 Å². The molecular weight excluding hydrogens is 376 g/mol. The van der Waals surface area contributed by atoms with Gasteiger partial charge in [-0.3, -0.25) is 4.79 Å². The van der Waals surface area contributed by atoms with Crippen LogP contribution in [0.2, 0.25) is 0 Å². The molecule has 1 amide bonds. The van der Waals surface area contributed by atoms with E-state index in [-0.39, 0.29) is 12.5 Å². The number of hydrogen-bond acceptors (Lipinski definition) is 7. The molecule has 1 fully saturated rings. The first-order valence-electron chi connectivity index (χ1n) is 9.08. The quantitative estimate of drug-likeness (QED) is 0.594. The highest BCUT2D eigenvalue weighted by Gasteiger charge is 2.17. The summed E-state index contributed by atoms with van der Waals surface area (Å²) in [6.07, 6.45) is 0. The van der Waals surface area contributed by atoms with Crippen molar-refractivity contribution in [2.45, 2.75) is 6.54 Å². The van der Waals surface area contributed by atoms with Crippen molar-refractivity contribution in [1.29, 1.82) is 0 Å². The number of aromatic nitrogens is 1. The van der Waals surface area contributed by atoms with Gasteiger partial charge in [0, 0.05) is 13.1 Å². The number of ether oxygens (including phenoxy) is 2. The van der Waals surface area contributed by atoms with Crippen LogP contribution in [0.4, 0.5) is 5.13 Å². The topological polar surface area (TPSA) is 76.4 Å². The summed E-state index contributed by atoms with van der Waals surface area (Å²) in [5.74, 6) is 0.644. The lowest BCUT2D eigenvalue weighted by molar-refractivity contribution is -0.137. The smallest absolute Gasteiger partial charge is 0.260 e. The number of benzene rings is 2. The van der Waals surface area contributed by atoms with Crippen LogP contribution in [0, 0.1) is 0 Å². The molecule has 0 N–H and O–H groups in total. The number of carbonyl (C=O) groups is 1. The van der Waals surface area contributed by atoms with E-state index in [1.807, 2.05) is 48.5 Å². The molecule has 144 valence electrons. The van der Waals surface area contributed by atoms with Gasteiger partial charge in [0.1, 0.15) is 5.75 Å². The molecular formula is C20H20N4O3S. The fraction of sp³-hybridized carbons (Fsp3) is 0.300. The van der Waals surface area contributed by atoms with Crippen molar-refractivity contribution >= 4 is 32.6 Å². The number of amides is 1. The van der Waals surface area contributed by atoms with E-state index in [1.165, 1.54) is 11.3 Å². The summed E-state index contributed by atoms with van der Waals surface area (Å²) in [6.45, 7) is 2.93. The largest absolute Gasteiger partial charge is 0.484 e. The molecule has 0 radical (unpaired) electrons. The van der Waals surface area contributed by atoms with Crippen molar-refractivity contribution < 1.29 is 14.3 Å². The lowest BCUT2D eigenvalue weighted by Gasteiger charge is -2.26. The Balaban J connectivity index is 1.27. The Morgan fingerprint density at radius 3 is 2.71 bits per heavy atom. The number of nitrogens with zero attached hydrogens (tertiary/aromatic N) is 4. The average Bonchev–Trinajstić information content (AvgIpc) is 3.16. The standard InChI is InChI=1S/C20H20N4O3S/c25-19(24-9-11-26-12-10-24)14-27-16-7-5-15(6-8-16)13-21-23-20-22-17-3-1-2-4-18(17)28-20/h1-8H,9-14H2. The lowest BCUT2D eigenvalue weighted by atomic mass is 10.2. The third kappa shape index (κ3) is 4.71. The van der Waals surface area contributed by atoms with Gasteiger partial charge in [0.05, 0.1) is 30.0 Å². The molecule has 0 saturated carbocycles. The number of azo groups is 1. The summed E-state index contributed by atoms with van der Waals surface area (Å²) >= 11 is 1.52. The minimum Gasteiger partial charge on any atom is -0.484 e. The van der Waals surface area contributed by atoms with Crippen molar-refractivity contribution in [2.75, 3.05) is 32.9 Å². The second-order valence-electron chi connectivity index (χ2n) is 6.29. The third-order valence-electron chi connectivity index (χ3n) is 4.34. The van der Waals surface area contributed by atoms with E-state index in [2.05, 4.69) is 15.2 Å². The zero-order valence-corrected chi connectivity index (χ0v) is 16.1. The van der Waals surface area contributed by atoms with Crippen molar-refractivity contribution in [2.24, 2.45) is 10.2 Å². The molecule has 0 bridgehead atoms. The van der Waals surface area contributed by atoms with E-state index >= 15 is 0 Å². The Labute approximate surface area is 166 Å². The zero-order chi connectivity index (χ0) is 19.2.